The highest BCUT2D eigenvalue weighted by molar-refractivity contribution is 4.44. The molecule has 0 aliphatic rings. The molecule has 0 saturated carbocycles. The molecule has 0 bridgehead atoms. The summed E-state index contributed by atoms with van der Waals surface area (Å²) in [6.07, 6.45) is -0.464. The van der Waals surface area contributed by atoms with Crippen molar-refractivity contribution in [2.45, 2.75) is 6.23 Å². The largest absolute Gasteiger partial charge is 0.394 e. The number of aliphatic hydroxyl groups is 1. The molecule has 0 amide bonds. The van der Waals surface area contributed by atoms with Crippen LogP contribution in [0.4, 0.5) is 0 Å². The number of hydrogen-bond acceptors (Lipinski definition) is 5. The lowest BCUT2D eigenvalue weighted by atomic mass is 10.6. The average molecular weight is 179 g/mol. The summed E-state index contributed by atoms with van der Waals surface area (Å²) in [5.74, 6) is 0. The molecule has 0 aliphatic heterocycles. The van der Waals surface area contributed by atoms with Crippen LogP contribution in [0, 0.1) is 0 Å². The molecule has 1 unspecified atom stereocenters. The van der Waals surface area contributed by atoms with E-state index in [2.05, 4.69) is 0 Å². The Hall–Kier alpha value is -0.200. The maximum atomic E-state index is 8.38. The van der Waals surface area contributed by atoms with Gasteiger partial charge in [0.25, 0.3) is 0 Å². The number of methoxy groups -OCH3 is 1. The van der Waals surface area contributed by atoms with E-state index < -0.39 is 6.23 Å². The van der Waals surface area contributed by atoms with Crippen molar-refractivity contribution >= 4 is 0 Å². The highest BCUT2D eigenvalue weighted by Gasteiger charge is 2.00. The number of hydrogen-bond donors (Lipinski definition) is 2. The summed E-state index contributed by atoms with van der Waals surface area (Å²) in [4.78, 5) is 0. The number of nitrogens with two attached hydrogens (primary N) is 1. The van der Waals surface area contributed by atoms with Crippen molar-refractivity contribution in [3.05, 3.63) is 0 Å². The summed E-state index contributed by atoms with van der Waals surface area (Å²) in [5.41, 5.74) is 5.44. The molecule has 0 fully saturated rings. The van der Waals surface area contributed by atoms with Gasteiger partial charge in [0, 0.05) is 7.11 Å². The number of rotatable bonds is 8. The molecule has 3 N–H and O–H groups in total. The maximum absolute atomic E-state index is 8.38. The Labute approximate surface area is 72.4 Å². The maximum Gasteiger partial charge on any atom is 0.129 e. The topological polar surface area (TPSA) is 73.9 Å². The van der Waals surface area contributed by atoms with Crippen LogP contribution in [0.25, 0.3) is 0 Å². The standard InChI is InChI=1S/C7H17NO4/c1-10-4-5-11-6-7(8)12-3-2-9/h7,9H,2-6,8H2,1H3. The van der Waals surface area contributed by atoms with Crippen LogP contribution in [0.3, 0.4) is 0 Å². The zero-order valence-electron chi connectivity index (χ0n) is 7.36. The molecule has 0 rings (SSSR count). The first-order chi connectivity index (χ1) is 5.81. The molecule has 5 nitrogen and oxygen atoms in total. The fourth-order valence-corrected chi connectivity index (χ4v) is 0.594. The Morgan fingerprint density at radius 1 is 1.33 bits per heavy atom. The van der Waals surface area contributed by atoms with Gasteiger partial charge in [0.1, 0.15) is 6.23 Å². The molecule has 74 valence electrons. The van der Waals surface area contributed by atoms with E-state index in [0.717, 1.165) is 0 Å². The van der Waals surface area contributed by atoms with Crippen LogP contribution in [0.2, 0.25) is 0 Å². The lowest BCUT2D eigenvalue weighted by molar-refractivity contribution is -0.0331. The predicted octanol–water partition coefficient (Wildman–Crippen LogP) is -1.06. The minimum absolute atomic E-state index is 0.0221. The molecule has 0 aromatic carbocycles. The van der Waals surface area contributed by atoms with Gasteiger partial charge in [-0.15, -0.1) is 0 Å². The smallest absolute Gasteiger partial charge is 0.129 e. The molecular formula is C7H17NO4. The molecule has 0 aliphatic carbocycles. The second-order valence-corrected chi connectivity index (χ2v) is 2.20. The first kappa shape index (κ1) is 11.8. The van der Waals surface area contributed by atoms with Crippen molar-refractivity contribution in [2.24, 2.45) is 5.73 Å². The van der Waals surface area contributed by atoms with Crippen molar-refractivity contribution in [3.63, 3.8) is 0 Å². The van der Waals surface area contributed by atoms with Crippen LogP contribution in [0.1, 0.15) is 0 Å². The van der Waals surface area contributed by atoms with Gasteiger partial charge < -0.3 is 25.1 Å². The first-order valence-electron chi connectivity index (χ1n) is 3.86. The third-order valence-electron chi connectivity index (χ3n) is 1.14. The van der Waals surface area contributed by atoms with Gasteiger partial charge in [0.15, 0.2) is 0 Å². The Morgan fingerprint density at radius 3 is 2.67 bits per heavy atom. The fourth-order valence-electron chi connectivity index (χ4n) is 0.594. The quantitative estimate of drug-likeness (QED) is 0.367. The molecule has 1 atom stereocenters. The lowest BCUT2D eigenvalue weighted by Gasteiger charge is -2.11. The minimum Gasteiger partial charge on any atom is -0.394 e. The fraction of sp³-hybridized carbons (Fsp3) is 1.00. The second-order valence-electron chi connectivity index (χ2n) is 2.20. The van der Waals surface area contributed by atoms with Gasteiger partial charge in [0.05, 0.1) is 33.0 Å². The van der Waals surface area contributed by atoms with Crippen LogP contribution in [0.15, 0.2) is 0 Å². The van der Waals surface area contributed by atoms with E-state index >= 15 is 0 Å². The molecule has 0 aromatic heterocycles. The molecule has 0 spiro atoms. The van der Waals surface area contributed by atoms with Crippen molar-refractivity contribution in [1.82, 2.24) is 0 Å². The van der Waals surface area contributed by atoms with Gasteiger partial charge in [-0.2, -0.15) is 0 Å². The summed E-state index contributed by atoms with van der Waals surface area (Å²) in [5, 5.41) is 8.38. The van der Waals surface area contributed by atoms with Gasteiger partial charge in [-0.3, -0.25) is 0 Å². The highest BCUT2D eigenvalue weighted by atomic mass is 16.6. The van der Waals surface area contributed by atoms with Crippen LogP contribution >= 0.6 is 0 Å². The summed E-state index contributed by atoms with van der Waals surface area (Å²) >= 11 is 0. The second kappa shape index (κ2) is 8.89. The van der Waals surface area contributed by atoms with E-state index in [9.17, 15) is 0 Å². The summed E-state index contributed by atoms with van der Waals surface area (Å²) in [6, 6.07) is 0. The lowest BCUT2D eigenvalue weighted by Crippen LogP contribution is -2.31. The van der Waals surface area contributed by atoms with Crippen LogP contribution in [0.5, 0.6) is 0 Å². The Balaban J connectivity index is 3.02. The summed E-state index contributed by atoms with van der Waals surface area (Å²) in [7, 11) is 1.60. The molecular weight excluding hydrogens is 162 g/mol. The van der Waals surface area contributed by atoms with Crippen molar-refractivity contribution < 1.29 is 19.3 Å². The van der Waals surface area contributed by atoms with Gasteiger partial charge in [-0.1, -0.05) is 0 Å². The Kier molecular flexibility index (Phi) is 8.74. The molecule has 0 aromatic rings. The van der Waals surface area contributed by atoms with Crippen LogP contribution in [-0.4, -0.2) is 51.5 Å². The van der Waals surface area contributed by atoms with Crippen LogP contribution in [-0.2, 0) is 14.2 Å². The Bertz CT molecular complexity index is 91.5. The first-order valence-corrected chi connectivity index (χ1v) is 3.86. The summed E-state index contributed by atoms with van der Waals surface area (Å²) in [6.45, 7) is 1.60. The molecule has 12 heavy (non-hydrogen) atoms. The SMILES string of the molecule is COCCOCC(N)OCCO. The average Bonchev–Trinajstić information content (AvgIpc) is 2.09. The zero-order valence-corrected chi connectivity index (χ0v) is 7.36. The van der Waals surface area contributed by atoms with Gasteiger partial charge in [0.2, 0.25) is 0 Å². The molecule has 5 heteroatoms. The minimum atomic E-state index is -0.464. The van der Waals surface area contributed by atoms with Crippen molar-refractivity contribution in [1.29, 1.82) is 0 Å². The van der Waals surface area contributed by atoms with E-state index in [1.54, 1.807) is 7.11 Å². The molecule has 0 saturated heterocycles. The van der Waals surface area contributed by atoms with Crippen molar-refractivity contribution in [3.8, 4) is 0 Å². The highest BCUT2D eigenvalue weighted by Crippen LogP contribution is 1.85. The van der Waals surface area contributed by atoms with E-state index in [4.69, 9.17) is 25.1 Å². The summed E-state index contributed by atoms with van der Waals surface area (Å²) < 4.78 is 14.8. The van der Waals surface area contributed by atoms with Crippen molar-refractivity contribution in [2.75, 3.05) is 40.1 Å². The zero-order chi connectivity index (χ0) is 9.23. The molecule has 0 heterocycles. The third-order valence-corrected chi connectivity index (χ3v) is 1.14. The van der Waals surface area contributed by atoms with Gasteiger partial charge in [-0.25, -0.2) is 0 Å². The van der Waals surface area contributed by atoms with Crippen LogP contribution < -0.4 is 5.73 Å². The monoisotopic (exact) mass is 179 g/mol. The van der Waals surface area contributed by atoms with E-state index in [0.29, 0.717) is 19.8 Å². The predicted molar refractivity (Wildman–Crippen MR) is 43.7 cm³/mol. The van der Waals surface area contributed by atoms with Gasteiger partial charge >= 0.3 is 0 Å². The third kappa shape index (κ3) is 7.90. The number of ether oxygens (including phenoxy) is 3. The Morgan fingerprint density at radius 2 is 2.08 bits per heavy atom. The van der Waals surface area contributed by atoms with Gasteiger partial charge in [-0.05, 0) is 0 Å². The van der Waals surface area contributed by atoms with E-state index in [1.165, 1.54) is 0 Å². The number of aliphatic hydroxyl groups excluding tert-OH is 1. The van der Waals surface area contributed by atoms with E-state index in [-0.39, 0.29) is 13.2 Å². The molecule has 0 radical (unpaired) electrons. The van der Waals surface area contributed by atoms with E-state index in [1.807, 2.05) is 0 Å². The normalized spacial score (nSPS) is 13.2.